The van der Waals surface area contributed by atoms with Crippen LogP contribution in [0.1, 0.15) is 17.2 Å². The van der Waals surface area contributed by atoms with Gasteiger partial charge in [-0.1, -0.05) is 40.2 Å². The van der Waals surface area contributed by atoms with Gasteiger partial charge in [0, 0.05) is 10.2 Å². The number of benzene rings is 2. The monoisotopic (exact) mass is 374 g/mol. The van der Waals surface area contributed by atoms with Gasteiger partial charge in [0.1, 0.15) is 5.75 Å². The van der Waals surface area contributed by atoms with Gasteiger partial charge >= 0.3 is 0 Å². The topological polar surface area (TPSA) is 33.3 Å². The molecule has 0 fully saturated rings. The van der Waals surface area contributed by atoms with E-state index in [4.69, 9.17) is 17.0 Å². The average molecular weight is 375 g/mol. The maximum absolute atomic E-state index is 5.34. The molecule has 3 nitrogen and oxygen atoms in total. The van der Waals surface area contributed by atoms with Crippen LogP contribution in [0.2, 0.25) is 0 Å². The second-order valence-corrected chi connectivity index (χ2v) is 6.26. The molecule has 3 rings (SSSR count). The van der Waals surface area contributed by atoms with Crippen molar-refractivity contribution in [1.29, 1.82) is 0 Å². The Bertz CT molecular complexity index is 710. The number of hydrogen-bond donors (Lipinski definition) is 2. The van der Waals surface area contributed by atoms with Gasteiger partial charge in [-0.3, -0.25) is 0 Å². The molecular weight excluding hydrogens is 360 g/mol. The Hall–Kier alpha value is -1.85. The summed E-state index contributed by atoms with van der Waals surface area (Å²) >= 11 is 8.79. The van der Waals surface area contributed by atoms with Crippen LogP contribution in [-0.2, 0) is 0 Å². The third-order valence-corrected chi connectivity index (χ3v) is 4.25. The summed E-state index contributed by atoms with van der Waals surface area (Å²) < 4.78 is 6.26. The Balaban J connectivity index is 1.92. The molecule has 0 aromatic heterocycles. The van der Waals surface area contributed by atoms with Crippen molar-refractivity contribution in [3.05, 3.63) is 70.2 Å². The quantitative estimate of drug-likeness (QED) is 0.795. The van der Waals surface area contributed by atoms with E-state index in [1.807, 2.05) is 36.4 Å². The first kappa shape index (κ1) is 15.1. The van der Waals surface area contributed by atoms with E-state index in [1.165, 1.54) is 0 Å². The fourth-order valence-electron chi connectivity index (χ4n) is 2.34. The van der Waals surface area contributed by atoms with Crippen molar-refractivity contribution in [2.75, 3.05) is 7.11 Å². The zero-order valence-corrected chi connectivity index (χ0v) is 14.4. The Labute approximate surface area is 143 Å². The predicted octanol–water partition coefficient (Wildman–Crippen LogP) is 4.02. The molecule has 0 aliphatic carbocycles. The third-order valence-electron chi connectivity index (χ3n) is 3.50. The Morgan fingerprint density at radius 1 is 1.05 bits per heavy atom. The lowest BCUT2D eigenvalue weighted by atomic mass is 10.0. The van der Waals surface area contributed by atoms with Gasteiger partial charge in [0.15, 0.2) is 5.11 Å². The van der Waals surface area contributed by atoms with Crippen LogP contribution in [0.4, 0.5) is 0 Å². The van der Waals surface area contributed by atoms with Gasteiger partial charge < -0.3 is 15.4 Å². The molecule has 0 amide bonds. The summed E-state index contributed by atoms with van der Waals surface area (Å²) in [7, 11) is 1.67. The molecule has 0 saturated carbocycles. The molecule has 0 spiro atoms. The lowest BCUT2D eigenvalue weighted by Gasteiger charge is -2.26. The summed E-state index contributed by atoms with van der Waals surface area (Å²) in [6.07, 6.45) is 2.14. The highest BCUT2D eigenvalue weighted by Crippen LogP contribution is 2.25. The fraction of sp³-hybridized carbons (Fsp3) is 0.118. The third kappa shape index (κ3) is 3.31. The van der Waals surface area contributed by atoms with Crippen LogP contribution in [0.15, 0.2) is 59.1 Å². The maximum Gasteiger partial charge on any atom is 0.171 e. The standard InChI is InChI=1S/C17H15BrN2OS/c1-21-14-8-4-12(5-9-14)16-10-15(19-17(22)20-16)11-2-6-13(18)7-3-11/h2-10,16H,1H3,(H2,19,20,22)/t16-/m0/s1. The normalized spacial score (nSPS) is 17.3. The van der Waals surface area contributed by atoms with Crippen molar-refractivity contribution in [2.24, 2.45) is 0 Å². The summed E-state index contributed by atoms with van der Waals surface area (Å²) in [6.45, 7) is 0. The molecule has 22 heavy (non-hydrogen) atoms. The largest absolute Gasteiger partial charge is 0.497 e. The molecule has 1 atom stereocenters. The van der Waals surface area contributed by atoms with E-state index >= 15 is 0 Å². The first-order valence-corrected chi connectivity index (χ1v) is 8.05. The first-order chi connectivity index (χ1) is 10.7. The van der Waals surface area contributed by atoms with E-state index in [0.717, 1.165) is 27.0 Å². The number of ether oxygens (including phenoxy) is 1. The van der Waals surface area contributed by atoms with Crippen molar-refractivity contribution in [3.63, 3.8) is 0 Å². The van der Waals surface area contributed by atoms with Gasteiger partial charge in [-0.05, 0) is 53.7 Å². The molecule has 0 radical (unpaired) electrons. The minimum Gasteiger partial charge on any atom is -0.497 e. The summed E-state index contributed by atoms with van der Waals surface area (Å²) in [5, 5.41) is 7.12. The maximum atomic E-state index is 5.34. The Morgan fingerprint density at radius 2 is 1.73 bits per heavy atom. The van der Waals surface area contributed by atoms with Crippen LogP contribution in [0.5, 0.6) is 5.75 Å². The van der Waals surface area contributed by atoms with E-state index in [1.54, 1.807) is 7.11 Å². The van der Waals surface area contributed by atoms with Crippen LogP contribution in [-0.4, -0.2) is 12.2 Å². The lowest BCUT2D eigenvalue weighted by Crippen LogP contribution is -2.40. The molecule has 2 aromatic rings. The van der Waals surface area contributed by atoms with Gasteiger partial charge in [-0.25, -0.2) is 0 Å². The molecule has 1 heterocycles. The fourth-order valence-corrected chi connectivity index (χ4v) is 2.84. The van der Waals surface area contributed by atoms with Crippen LogP contribution < -0.4 is 15.4 Å². The molecule has 2 N–H and O–H groups in total. The number of rotatable bonds is 3. The van der Waals surface area contributed by atoms with Crippen molar-refractivity contribution in [1.82, 2.24) is 10.6 Å². The highest BCUT2D eigenvalue weighted by Gasteiger charge is 2.18. The second-order valence-electron chi connectivity index (χ2n) is 4.94. The zero-order chi connectivity index (χ0) is 15.5. The smallest absolute Gasteiger partial charge is 0.171 e. The van der Waals surface area contributed by atoms with E-state index in [9.17, 15) is 0 Å². The molecule has 1 aliphatic heterocycles. The van der Waals surface area contributed by atoms with E-state index < -0.39 is 0 Å². The second kappa shape index (κ2) is 6.50. The molecule has 112 valence electrons. The van der Waals surface area contributed by atoms with Gasteiger partial charge in [0.25, 0.3) is 0 Å². The molecule has 1 aliphatic rings. The van der Waals surface area contributed by atoms with Crippen LogP contribution >= 0.6 is 28.1 Å². The summed E-state index contributed by atoms with van der Waals surface area (Å²) in [5.41, 5.74) is 3.25. The summed E-state index contributed by atoms with van der Waals surface area (Å²) in [4.78, 5) is 0. The van der Waals surface area contributed by atoms with Gasteiger partial charge in [0.2, 0.25) is 0 Å². The highest BCUT2D eigenvalue weighted by atomic mass is 79.9. The number of methoxy groups -OCH3 is 1. The molecular formula is C17H15BrN2OS. The molecule has 0 saturated heterocycles. The van der Waals surface area contributed by atoms with Crippen LogP contribution in [0.3, 0.4) is 0 Å². The lowest BCUT2D eigenvalue weighted by molar-refractivity contribution is 0.414. The number of halogens is 1. The van der Waals surface area contributed by atoms with Gasteiger partial charge in [-0.2, -0.15) is 0 Å². The number of hydrogen-bond acceptors (Lipinski definition) is 2. The van der Waals surface area contributed by atoms with Crippen molar-refractivity contribution >= 4 is 39.0 Å². The summed E-state index contributed by atoms with van der Waals surface area (Å²) in [6, 6.07) is 16.2. The minimum absolute atomic E-state index is 0.0401. The van der Waals surface area contributed by atoms with Gasteiger partial charge in [0.05, 0.1) is 13.2 Å². The van der Waals surface area contributed by atoms with E-state index in [0.29, 0.717) is 5.11 Å². The molecule has 5 heteroatoms. The highest BCUT2D eigenvalue weighted by molar-refractivity contribution is 9.10. The predicted molar refractivity (Wildman–Crippen MR) is 96.7 cm³/mol. The van der Waals surface area contributed by atoms with Crippen LogP contribution in [0.25, 0.3) is 5.70 Å². The zero-order valence-electron chi connectivity index (χ0n) is 12.0. The molecule has 2 aromatic carbocycles. The number of thiocarbonyl (C=S) groups is 1. The number of nitrogens with one attached hydrogen (secondary N) is 2. The van der Waals surface area contributed by atoms with Crippen LogP contribution in [0, 0.1) is 0 Å². The molecule has 0 bridgehead atoms. The van der Waals surface area contributed by atoms with Crippen molar-refractivity contribution < 1.29 is 4.74 Å². The SMILES string of the molecule is COc1ccc([C@@H]2C=C(c3ccc(Br)cc3)NC(=S)N2)cc1. The first-order valence-electron chi connectivity index (χ1n) is 6.85. The van der Waals surface area contributed by atoms with Crippen molar-refractivity contribution in [2.45, 2.75) is 6.04 Å². The Morgan fingerprint density at radius 3 is 2.36 bits per heavy atom. The molecule has 0 unspecified atom stereocenters. The van der Waals surface area contributed by atoms with E-state index in [-0.39, 0.29) is 6.04 Å². The van der Waals surface area contributed by atoms with Crippen molar-refractivity contribution in [3.8, 4) is 5.75 Å². The Kier molecular flexibility index (Phi) is 4.45. The van der Waals surface area contributed by atoms with E-state index in [2.05, 4.69) is 44.8 Å². The average Bonchev–Trinajstić information content (AvgIpc) is 2.55. The minimum atomic E-state index is 0.0401. The summed E-state index contributed by atoms with van der Waals surface area (Å²) in [5.74, 6) is 0.845. The van der Waals surface area contributed by atoms with Gasteiger partial charge in [-0.15, -0.1) is 0 Å².